The molecule has 0 radical (unpaired) electrons. The van der Waals surface area contributed by atoms with Crippen molar-refractivity contribution < 1.29 is 13.5 Å². The third-order valence-corrected chi connectivity index (χ3v) is 1.74. The molecule has 11 heavy (non-hydrogen) atoms. The van der Waals surface area contributed by atoms with E-state index in [1.54, 1.807) is 0 Å². The van der Waals surface area contributed by atoms with Crippen LogP contribution in [0.5, 0.6) is 0 Å². The smallest absolute Gasteiger partial charge is 0.274 e. The number of rotatable bonds is 6. The Labute approximate surface area is 66.8 Å². The van der Waals surface area contributed by atoms with Crippen molar-refractivity contribution >= 4 is 10.2 Å². The van der Waals surface area contributed by atoms with Crippen LogP contribution in [0.25, 0.3) is 0 Å². The number of hydrogen-bond donors (Lipinski definition) is 3. The molecule has 0 atom stereocenters. The van der Waals surface area contributed by atoms with Crippen LogP contribution in [-0.2, 0) is 10.2 Å². The minimum Gasteiger partial charge on any atom is -0.396 e. The first-order valence-corrected chi connectivity index (χ1v) is 4.99. The van der Waals surface area contributed by atoms with Crippen LogP contribution in [0.2, 0.25) is 0 Å². The van der Waals surface area contributed by atoms with Crippen molar-refractivity contribution in [3.05, 3.63) is 0 Å². The van der Waals surface area contributed by atoms with Crippen LogP contribution in [0.3, 0.4) is 0 Å². The van der Waals surface area contributed by atoms with E-state index in [9.17, 15) is 8.42 Å². The number of hydrogen-bond acceptors (Lipinski definition) is 3. The highest BCUT2D eigenvalue weighted by molar-refractivity contribution is 7.87. The predicted octanol–water partition coefficient (Wildman–Crippen LogP) is -1.06. The molecule has 0 saturated carbocycles. The van der Waals surface area contributed by atoms with Crippen molar-refractivity contribution in [2.24, 2.45) is 5.14 Å². The summed E-state index contributed by atoms with van der Waals surface area (Å²) in [6.45, 7) is 0.494. The van der Waals surface area contributed by atoms with Gasteiger partial charge in [-0.15, -0.1) is 0 Å². The normalized spacial score (nSPS) is 11.8. The summed E-state index contributed by atoms with van der Waals surface area (Å²) in [6, 6.07) is 0. The van der Waals surface area contributed by atoms with Gasteiger partial charge in [0.15, 0.2) is 0 Å². The number of aliphatic hydroxyl groups excluding tert-OH is 1. The predicted molar refractivity (Wildman–Crippen MR) is 42.0 cm³/mol. The van der Waals surface area contributed by atoms with Crippen LogP contribution in [0, 0.1) is 0 Å². The van der Waals surface area contributed by atoms with Crippen molar-refractivity contribution in [1.82, 2.24) is 4.72 Å². The third-order valence-electron chi connectivity index (χ3n) is 1.14. The van der Waals surface area contributed by atoms with Crippen LogP contribution in [0.15, 0.2) is 0 Å². The monoisotopic (exact) mass is 182 g/mol. The van der Waals surface area contributed by atoms with Crippen molar-refractivity contribution in [2.75, 3.05) is 13.2 Å². The van der Waals surface area contributed by atoms with Crippen molar-refractivity contribution in [3.8, 4) is 0 Å². The van der Waals surface area contributed by atoms with Gasteiger partial charge in [0.2, 0.25) is 0 Å². The van der Waals surface area contributed by atoms with Gasteiger partial charge in [0, 0.05) is 13.2 Å². The van der Waals surface area contributed by atoms with E-state index in [0.717, 1.165) is 6.42 Å². The molecule has 0 aliphatic carbocycles. The average molecular weight is 182 g/mol. The zero-order valence-electron chi connectivity index (χ0n) is 6.28. The molecule has 0 spiro atoms. The van der Waals surface area contributed by atoms with Gasteiger partial charge in [-0.3, -0.25) is 0 Å². The van der Waals surface area contributed by atoms with Gasteiger partial charge in [-0.1, -0.05) is 0 Å². The summed E-state index contributed by atoms with van der Waals surface area (Å²) >= 11 is 0. The topological polar surface area (TPSA) is 92.4 Å². The van der Waals surface area contributed by atoms with Gasteiger partial charge in [-0.25, -0.2) is 9.86 Å². The second kappa shape index (κ2) is 5.48. The fourth-order valence-corrected chi connectivity index (χ4v) is 1.06. The van der Waals surface area contributed by atoms with Gasteiger partial charge in [0.05, 0.1) is 0 Å². The summed E-state index contributed by atoms with van der Waals surface area (Å²) in [5.41, 5.74) is 0. The molecule has 5 nitrogen and oxygen atoms in total. The van der Waals surface area contributed by atoms with E-state index < -0.39 is 10.2 Å². The summed E-state index contributed by atoms with van der Waals surface area (Å²) in [5, 5.41) is 13.0. The summed E-state index contributed by atoms with van der Waals surface area (Å²) in [7, 11) is -3.52. The number of unbranched alkanes of at least 4 members (excludes halogenated alkanes) is 2. The Bertz CT molecular complexity index is 178. The zero-order chi connectivity index (χ0) is 8.74. The fourth-order valence-electron chi connectivity index (χ4n) is 0.628. The average Bonchev–Trinajstić information content (AvgIpc) is 1.85. The first kappa shape index (κ1) is 10.8. The molecular weight excluding hydrogens is 168 g/mol. The second-order valence-electron chi connectivity index (χ2n) is 2.22. The van der Waals surface area contributed by atoms with Gasteiger partial charge >= 0.3 is 0 Å². The van der Waals surface area contributed by atoms with Gasteiger partial charge in [-0.2, -0.15) is 8.42 Å². The molecule has 0 unspecified atom stereocenters. The molecule has 0 aromatic heterocycles. The van der Waals surface area contributed by atoms with E-state index in [-0.39, 0.29) is 6.61 Å². The Morgan fingerprint density at radius 1 is 1.27 bits per heavy atom. The Morgan fingerprint density at radius 2 is 1.91 bits per heavy atom. The number of aliphatic hydroxyl groups is 1. The molecule has 0 rings (SSSR count). The maximum atomic E-state index is 10.3. The molecule has 0 aliphatic heterocycles. The van der Waals surface area contributed by atoms with Gasteiger partial charge in [0.1, 0.15) is 0 Å². The van der Waals surface area contributed by atoms with Crippen LogP contribution >= 0.6 is 0 Å². The highest BCUT2D eigenvalue weighted by Crippen LogP contribution is 1.91. The SMILES string of the molecule is NS(=O)(=O)NCCCCCO. The summed E-state index contributed by atoms with van der Waals surface area (Å²) in [4.78, 5) is 0. The molecule has 0 amide bonds. The second-order valence-corrected chi connectivity index (χ2v) is 3.60. The third kappa shape index (κ3) is 9.83. The maximum absolute atomic E-state index is 10.3. The Kier molecular flexibility index (Phi) is 5.39. The Hall–Kier alpha value is -0.170. The summed E-state index contributed by atoms with van der Waals surface area (Å²) in [5.74, 6) is 0. The summed E-state index contributed by atoms with van der Waals surface area (Å²) < 4.78 is 22.7. The van der Waals surface area contributed by atoms with E-state index in [1.807, 2.05) is 0 Å². The lowest BCUT2D eigenvalue weighted by molar-refractivity contribution is 0.283. The first-order valence-electron chi connectivity index (χ1n) is 3.44. The van der Waals surface area contributed by atoms with Gasteiger partial charge in [-0.05, 0) is 19.3 Å². The quantitative estimate of drug-likeness (QED) is 0.457. The molecule has 0 saturated heterocycles. The molecule has 0 fully saturated rings. The van der Waals surface area contributed by atoms with Crippen molar-refractivity contribution in [2.45, 2.75) is 19.3 Å². The molecular formula is C5H14N2O3S. The Morgan fingerprint density at radius 3 is 2.36 bits per heavy atom. The lowest BCUT2D eigenvalue weighted by Gasteiger charge is -1.99. The molecule has 68 valence electrons. The first-order chi connectivity index (χ1) is 5.06. The van der Waals surface area contributed by atoms with E-state index in [4.69, 9.17) is 5.11 Å². The molecule has 6 heteroatoms. The van der Waals surface area contributed by atoms with Gasteiger partial charge < -0.3 is 5.11 Å². The van der Waals surface area contributed by atoms with E-state index in [2.05, 4.69) is 9.86 Å². The Balaban J connectivity index is 3.16. The lowest BCUT2D eigenvalue weighted by atomic mass is 10.2. The van der Waals surface area contributed by atoms with Crippen LogP contribution in [0.4, 0.5) is 0 Å². The highest BCUT2D eigenvalue weighted by Gasteiger charge is 1.97. The molecule has 4 N–H and O–H groups in total. The maximum Gasteiger partial charge on any atom is 0.274 e. The molecule has 0 heterocycles. The molecule has 0 aliphatic rings. The minimum absolute atomic E-state index is 0.148. The number of nitrogens with two attached hydrogens (primary N) is 1. The van der Waals surface area contributed by atoms with Crippen molar-refractivity contribution in [1.29, 1.82) is 0 Å². The number of nitrogens with one attached hydrogen (secondary N) is 1. The van der Waals surface area contributed by atoms with Gasteiger partial charge in [0.25, 0.3) is 10.2 Å². The summed E-state index contributed by atoms with van der Waals surface area (Å²) in [6.07, 6.45) is 2.21. The van der Waals surface area contributed by atoms with E-state index in [1.165, 1.54) is 0 Å². The minimum atomic E-state index is -3.52. The highest BCUT2D eigenvalue weighted by atomic mass is 32.2. The lowest BCUT2D eigenvalue weighted by Crippen LogP contribution is -2.31. The van der Waals surface area contributed by atoms with E-state index >= 15 is 0 Å². The van der Waals surface area contributed by atoms with E-state index in [0.29, 0.717) is 19.4 Å². The fraction of sp³-hybridized carbons (Fsp3) is 1.00. The molecule has 0 aromatic carbocycles. The molecule has 0 aromatic rings. The zero-order valence-corrected chi connectivity index (χ0v) is 7.10. The van der Waals surface area contributed by atoms with Crippen molar-refractivity contribution in [3.63, 3.8) is 0 Å². The van der Waals surface area contributed by atoms with Crippen LogP contribution in [-0.4, -0.2) is 26.7 Å². The standard InChI is InChI=1S/C5H14N2O3S/c6-11(9,10)7-4-2-1-3-5-8/h7-8H,1-5H2,(H2,6,9,10). The van der Waals surface area contributed by atoms with Crippen LogP contribution in [0.1, 0.15) is 19.3 Å². The molecule has 0 bridgehead atoms. The van der Waals surface area contributed by atoms with Crippen LogP contribution < -0.4 is 9.86 Å². The largest absolute Gasteiger partial charge is 0.396 e.